The molecular formula is C14H18F3N3O3. The Balaban J connectivity index is 0.000000322. The average molecular weight is 333 g/mol. The zero-order chi connectivity index (χ0) is 17.3. The van der Waals surface area contributed by atoms with E-state index in [1.54, 1.807) is 0 Å². The highest BCUT2D eigenvalue weighted by Gasteiger charge is 2.38. The number of benzene rings is 1. The normalized spacial score (nSPS) is 17.4. The van der Waals surface area contributed by atoms with Gasteiger partial charge in [0.2, 0.25) is 0 Å². The Hall–Kier alpha value is -2.29. The number of hydrogen-bond acceptors (Lipinski definition) is 4. The maximum atomic E-state index is 11.7. The van der Waals surface area contributed by atoms with Crippen LogP contribution in [0.1, 0.15) is 19.3 Å². The molecule has 6 nitrogen and oxygen atoms in total. The summed E-state index contributed by atoms with van der Waals surface area (Å²) in [6.07, 6.45) is -1.88. The summed E-state index contributed by atoms with van der Waals surface area (Å²) in [5.74, 6) is -2.74. The van der Waals surface area contributed by atoms with Crippen LogP contribution in [0.2, 0.25) is 0 Å². The summed E-state index contributed by atoms with van der Waals surface area (Å²) < 4.78 is 31.7. The molecule has 1 unspecified atom stereocenters. The lowest BCUT2D eigenvalue weighted by atomic mass is 10.0. The number of carboxylic acids is 1. The zero-order valence-electron chi connectivity index (χ0n) is 12.2. The SMILES string of the molecule is O=C(NNc1ccccc1)C1CCCCN1.O=C(O)C(F)(F)F. The number of alkyl halides is 3. The van der Waals surface area contributed by atoms with Crippen LogP contribution in [0.5, 0.6) is 0 Å². The molecule has 0 radical (unpaired) electrons. The van der Waals surface area contributed by atoms with Gasteiger partial charge in [0, 0.05) is 0 Å². The van der Waals surface area contributed by atoms with Gasteiger partial charge in [0.25, 0.3) is 5.91 Å². The van der Waals surface area contributed by atoms with Gasteiger partial charge in [-0.1, -0.05) is 24.6 Å². The van der Waals surface area contributed by atoms with Crippen LogP contribution in [-0.4, -0.2) is 35.7 Å². The second kappa shape index (κ2) is 8.99. The number of carbonyl (C=O) groups excluding carboxylic acids is 1. The molecule has 2 rings (SSSR count). The first-order chi connectivity index (χ1) is 10.8. The summed E-state index contributed by atoms with van der Waals surface area (Å²) in [6, 6.07) is 9.56. The molecule has 9 heteroatoms. The number of anilines is 1. The second-order valence-corrected chi connectivity index (χ2v) is 4.79. The van der Waals surface area contributed by atoms with Crippen molar-refractivity contribution in [3.63, 3.8) is 0 Å². The molecular weight excluding hydrogens is 315 g/mol. The third-order valence-corrected chi connectivity index (χ3v) is 2.97. The van der Waals surface area contributed by atoms with Crippen LogP contribution in [0, 0.1) is 0 Å². The number of carbonyl (C=O) groups is 2. The highest BCUT2D eigenvalue weighted by molar-refractivity contribution is 5.82. The molecule has 4 N–H and O–H groups in total. The van der Waals surface area contributed by atoms with E-state index in [4.69, 9.17) is 9.90 Å². The van der Waals surface area contributed by atoms with Crippen LogP contribution in [0.25, 0.3) is 0 Å². The van der Waals surface area contributed by atoms with E-state index in [0.29, 0.717) is 0 Å². The van der Waals surface area contributed by atoms with Gasteiger partial charge in [0.15, 0.2) is 0 Å². The molecule has 0 spiro atoms. The zero-order valence-corrected chi connectivity index (χ0v) is 12.2. The number of piperidine rings is 1. The molecule has 1 heterocycles. The summed E-state index contributed by atoms with van der Waals surface area (Å²) in [4.78, 5) is 20.6. The first-order valence-electron chi connectivity index (χ1n) is 6.95. The van der Waals surface area contributed by atoms with Gasteiger partial charge in [0.1, 0.15) is 0 Å². The van der Waals surface area contributed by atoms with E-state index in [1.807, 2.05) is 30.3 Å². The van der Waals surface area contributed by atoms with Crippen molar-refractivity contribution in [2.75, 3.05) is 12.0 Å². The number of carboxylic acid groups (broad SMARTS) is 1. The van der Waals surface area contributed by atoms with Crippen molar-refractivity contribution in [3.8, 4) is 0 Å². The summed E-state index contributed by atoms with van der Waals surface area (Å²) in [7, 11) is 0. The molecule has 23 heavy (non-hydrogen) atoms. The Labute approximate surface area is 131 Å². The molecule has 1 aliphatic rings. The number of para-hydroxylation sites is 1. The van der Waals surface area contributed by atoms with E-state index in [1.165, 1.54) is 0 Å². The molecule has 1 saturated heterocycles. The Bertz CT molecular complexity index is 503. The van der Waals surface area contributed by atoms with Crippen LogP contribution in [0.4, 0.5) is 18.9 Å². The maximum absolute atomic E-state index is 11.7. The smallest absolute Gasteiger partial charge is 0.475 e. The third kappa shape index (κ3) is 7.50. The first kappa shape index (κ1) is 18.8. The largest absolute Gasteiger partial charge is 0.490 e. The van der Waals surface area contributed by atoms with Gasteiger partial charge in [-0.3, -0.25) is 15.6 Å². The lowest BCUT2D eigenvalue weighted by Crippen LogP contribution is -2.48. The number of hydrogen-bond donors (Lipinski definition) is 4. The summed E-state index contributed by atoms with van der Waals surface area (Å²) in [5.41, 5.74) is 6.51. The predicted molar refractivity (Wildman–Crippen MR) is 77.5 cm³/mol. The Morgan fingerprint density at radius 3 is 2.26 bits per heavy atom. The monoisotopic (exact) mass is 333 g/mol. The maximum Gasteiger partial charge on any atom is 0.490 e. The van der Waals surface area contributed by atoms with Crippen molar-refractivity contribution in [3.05, 3.63) is 30.3 Å². The number of rotatable bonds is 3. The molecule has 1 atom stereocenters. The number of hydrazine groups is 1. The van der Waals surface area contributed by atoms with Gasteiger partial charge in [-0.05, 0) is 31.5 Å². The number of aliphatic carboxylic acids is 1. The molecule has 0 aromatic heterocycles. The van der Waals surface area contributed by atoms with E-state index in [0.717, 1.165) is 31.5 Å². The first-order valence-corrected chi connectivity index (χ1v) is 6.95. The molecule has 0 aliphatic carbocycles. The van der Waals surface area contributed by atoms with Crippen LogP contribution in [0.15, 0.2) is 30.3 Å². The lowest BCUT2D eigenvalue weighted by Gasteiger charge is -2.22. The molecule has 1 fully saturated rings. The fourth-order valence-corrected chi connectivity index (χ4v) is 1.82. The summed E-state index contributed by atoms with van der Waals surface area (Å²) in [5, 5.41) is 10.3. The molecule has 1 aliphatic heterocycles. The minimum Gasteiger partial charge on any atom is -0.475 e. The van der Waals surface area contributed by atoms with Crippen molar-refractivity contribution in [1.82, 2.24) is 10.7 Å². The predicted octanol–water partition coefficient (Wildman–Crippen LogP) is 1.91. The summed E-state index contributed by atoms with van der Waals surface area (Å²) >= 11 is 0. The van der Waals surface area contributed by atoms with Crippen molar-refractivity contribution in [2.45, 2.75) is 31.5 Å². The minimum atomic E-state index is -5.08. The fourth-order valence-electron chi connectivity index (χ4n) is 1.82. The van der Waals surface area contributed by atoms with E-state index in [9.17, 15) is 18.0 Å². The van der Waals surface area contributed by atoms with Gasteiger partial charge < -0.3 is 10.4 Å². The minimum absolute atomic E-state index is 0.0172. The highest BCUT2D eigenvalue weighted by atomic mass is 19.4. The summed E-state index contributed by atoms with van der Waals surface area (Å²) in [6.45, 7) is 0.934. The van der Waals surface area contributed by atoms with E-state index < -0.39 is 12.1 Å². The topological polar surface area (TPSA) is 90.5 Å². The van der Waals surface area contributed by atoms with Crippen molar-refractivity contribution >= 4 is 17.6 Å². The van der Waals surface area contributed by atoms with Gasteiger partial charge in [-0.15, -0.1) is 0 Å². The third-order valence-electron chi connectivity index (χ3n) is 2.97. The highest BCUT2D eigenvalue weighted by Crippen LogP contribution is 2.13. The Morgan fingerprint density at radius 1 is 1.17 bits per heavy atom. The van der Waals surface area contributed by atoms with Gasteiger partial charge >= 0.3 is 12.1 Å². The van der Waals surface area contributed by atoms with Crippen LogP contribution < -0.4 is 16.2 Å². The Kier molecular flexibility index (Phi) is 7.33. The lowest BCUT2D eigenvalue weighted by molar-refractivity contribution is -0.192. The van der Waals surface area contributed by atoms with Gasteiger partial charge in [-0.2, -0.15) is 13.2 Å². The van der Waals surface area contributed by atoms with Gasteiger partial charge in [-0.25, -0.2) is 4.79 Å². The van der Waals surface area contributed by atoms with Crippen molar-refractivity contribution in [2.24, 2.45) is 0 Å². The van der Waals surface area contributed by atoms with Gasteiger partial charge in [0.05, 0.1) is 11.7 Å². The molecule has 1 aromatic rings. The number of amides is 1. The fraction of sp³-hybridized carbons (Fsp3) is 0.429. The molecule has 128 valence electrons. The standard InChI is InChI=1S/C12H17N3O.C2HF3O2/c16-12(11-8-4-5-9-13-11)15-14-10-6-2-1-3-7-10;3-2(4,5)1(6)7/h1-3,6-7,11,13-14H,4-5,8-9H2,(H,15,16);(H,6,7). The average Bonchev–Trinajstić information content (AvgIpc) is 2.54. The van der Waals surface area contributed by atoms with Crippen LogP contribution in [0.3, 0.4) is 0 Å². The van der Waals surface area contributed by atoms with E-state index >= 15 is 0 Å². The van der Waals surface area contributed by atoms with Crippen molar-refractivity contribution in [1.29, 1.82) is 0 Å². The second-order valence-electron chi connectivity index (χ2n) is 4.79. The molecule has 1 amide bonds. The van der Waals surface area contributed by atoms with E-state index in [2.05, 4.69) is 16.2 Å². The van der Waals surface area contributed by atoms with Crippen molar-refractivity contribution < 1.29 is 27.9 Å². The Morgan fingerprint density at radius 2 is 1.78 bits per heavy atom. The van der Waals surface area contributed by atoms with Crippen LogP contribution in [-0.2, 0) is 9.59 Å². The number of halogens is 3. The quantitative estimate of drug-likeness (QED) is 0.635. The molecule has 0 bridgehead atoms. The van der Waals surface area contributed by atoms with Crippen LogP contribution >= 0.6 is 0 Å². The molecule has 1 aromatic carbocycles. The molecule has 0 saturated carbocycles. The van der Waals surface area contributed by atoms with E-state index in [-0.39, 0.29) is 11.9 Å². The number of nitrogens with one attached hydrogen (secondary N) is 3.